The average molecular weight is 589 g/mol. The molecule has 194 valence electrons. The topological polar surface area (TPSA) is 26.3 Å². The lowest BCUT2D eigenvalue weighted by atomic mass is 9.71. The van der Waals surface area contributed by atoms with Crippen LogP contribution in [0.25, 0.3) is 0 Å². The molecule has 2 nitrogen and oxygen atoms in total. The molecule has 0 amide bonds. The summed E-state index contributed by atoms with van der Waals surface area (Å²) in [4.78, 5) is 0. The minimum absolute atomic E-state index is 0.0150. The molecule has 0 radical (unpaired) electrons. The summed E-state index contributed by atoms with van der Waals surface area (Å²) >= 11 is 3.39. The third kappa shape index (κ3) is 6.73. The van der Waals surface area contributed by atoms with Gasteiger partial charge in [0.15, 0.2) is 0 Å². The molecule has 0 bridgehead atoms. The van der Waals surface area contributed by atoms with Crippen LogP contribution in [0, 0.1) is 5.82 Å². The molecule has 0 aliphatic carbocycles. The monoisotopic (exact) mass is 588 g/mol. The summed E-state index contributed by atoms with van der Waals surface area (Å²) in [7, 11) is -1.47. The molecular formula is C27H26BrF5O2S. The number of hydrogen-bond acceptors (Lipinski definition) is 2. The van der Waals surface area contributed by atoms with Gasteiger partial charge < -0.3 is 4.74 Å². The van der Waals surface area contributed by atoms with Gasteiger partial charge in [-0.1, -0.05) is 58.4 Å². The normalized spacial score (nSPS) is 14.9. The van der Waals surface area contributed by atoms with Crippen molar-refractivity contribution < 1.29 is 30.9 Å². The molecule has 2 atom stereocenters. The maximum atomic E-state index is 14.8. The lowest BCUT2D eigenvalue weighted by molar-refractivity contribution is -0.253. The second-order valence-corrected chi connectivity index (χ2v) is 12.6. The number of rotatable bonds is 9. The molecule has 0 aliphatic rings. The van der Waals surface area contributed by atoms with Crippen molar-refractivity contribution in [3.63, 3.8) is 0 Å². The highest BCUT2D eigenvalue weighted by atomic mass is 79.9. The van der Waals surface area contributed by atoms with E-state index in [9.17, 15) is 26.2 Å². The molecule has 1 unspecified atom stereocenters. The molecule has 3 aromatic carbocycles. The van der Waals surface area contributed by atoms with Crippen molar-refractivity contribution >= 4 is 26.7 Å². The molecule has 0 fully saturated rings. The van der Waals surface area contributed by atoms with Crippen molar-refractivity contribution in [2.24, 2.45) is 0 Å². The van der Waals surface area contributed by atoms with Gasteiger partial charge in [-0.15, -0.1) is 0 Å². The predicted octanol–water partition coefficient (Wildman–Crippen LogP) is 7.90. The summed E-state index contributed by atoms with van der Waals surface area (Å²) in [5, 5.41) is 0. The Bertz CT molecular complexity index is 1200. The van der Waals surface area contributed by atoms with Crippen LogP contribution in [0.15, 0.2) is 77.3 Å². The number of hydrogen-bond donors (Lipinski definition) is 0. The van der Waals surface area contributed by atoms with E-state index in [1.807, 2.05) is 30.3 Å². The zero-order chi connectivity index (χ0) is 26.7. The Balaban J connectivity index is 2.29. The Labute approximate surface area is 218 Å². The van der Waals surface area contributed by atoms with E-state index in [0.29, 0.717) is 11.6 Å². The van der Waals surface area contributed by atoms with E-state index in [0.717, 1.165) is 22.2 Å². The Morgan fingerprint density at radius 3 is 2.08 bits per heavy atom. The number of ether oxygens (including phenoxy) is 1. The third-order valence-electron chi connectivity index (χ3n) is 5.74. The second kappa shape index (κ2) is 11.0. The van der Waals surface area contributed by atoms with Crippen molar-refractivity contribution in [1.82, 2.24) is 0 Å². The van der Waals surface area contributed by atoms with Gasteiger partial charge in [0.05, 0.1) is 0 Å². The molecule has 0 aliphatic heterocycles. The summed E-state index contributed by atoms with van der Waals surface area (Å²) < 4.78 is 85.8. The number of alkyl halides is 4. The first kappa shape index (κ1) is 28.3. The van der Waals surface area contributed by atoms with Crippen molar-refractivity contribution in [3.8, 4) is 5.75 Å². The van der Waals surface area contributed by atoms with Gasteiger partial charge >= 0.3 is 12.5 Å². The first-order valence-electron chi connectivity index (χ1n) is 11.1. The van der Waals surface area contributed by atoms with E-state index >= 15 is 0 Å². The molecule has 0 aromatic heterocycles. The highest BCUT2D eigenvalue weighted by molar-refractivity contribution is 9.10. The first-order chi connectivity index (χ1) is 16.7. The van der Waals surface area contributed by atoms with Crippen LogP contribution in [0.3, 0.4) is 0 Å². The fourth-order valence-corrected chi connectivity index (χ4v) is 5.42. The van der Waals surface area contributed by atoms with Crippen molar-refractivity contribution in [2.45, 2.75) is 49.9 Å². The van der Waals surface area contributed by atoms with Crippen LogP contribution in [0.1, 0.15) is 37.5 Å². The smallest absolute Gasteiger partial charge is 0.428 e. The van der Waals surface area contributed by atoms with E-state index in [2.05, 4.69) is 20.7 Å². The quantitative estimate of drug-likeness (QED) is 0.237. The van der Waals surface area contributed by atoms with E-state index < -0.39 is 45.1 Å². The Morgan fingerprint density at radius 2 is 1.53 bits per heavy atom. The van der Waals surface area contributed by atoms with Crippen LogP contribution in [0.5, 0.6) is 5.75 Å². The number of benzene rings is 3. The molecular weight excluding hydrogens is 563 g/mol. The Kier molecular flexibility index (Phi) is 8.66. The van der Waals surface area contributed by atoms with E-state index in [1.165, 1.54) is 0 Å². The van der Waals surface area contributed by atoms with Crippen LogP contribution in [0.2, 0.25) is 0 Å². The lowest BCUT2D eigenvalue weighted by Gasteiger charge is -2.37. The van der Waals surface area contributed by atoms with Crippen LogP contribution >= 0.6 is 15.9 Å². The molecule has 0 N–H and O–H groups in total. The largest absolute Gasteiger partial charge is 0.461 e. The molecule has 0 saturated heterocycles. The third-order valence-corrected chi connectivity index (χ3v) is 8.39. The molecule has 0 spiro atoms. The van der Waals surface area contributed by atoms with E-state index in [4.69, 9.17) is 0 Å². The standard InChI is InChI=1S/C27H26BrF5O2S/c1-25(2,3)36(34)17-26(16-18-7-5-4-6-8-18,19-9-11-21(28)12-10-19)20-13-22(29)15-23(14-20)35-27(32,33)24(30)31/h4-15,24H,16-17H2,1-3H3/t26-,36?/m1/s1. The summed E-state index contributed by atoms with van der Waals surface area (Å²) in [6.07, 6.45) is -8.66. The highest BCUT2D eigenvalue weighted by Crippen LogP contribution is 2.41. The molecule has 0 heterocycles. The van der Waals surface area contributed by atoms with Gasteiger partial charge in [-0.05, 0) is 68.1 Å². The second-order valence-electron chi connectivity index (χ2n) is 9.49. The minimum Gasteiger partial charge on any atom is -0.428 e. The zero-order valence-corrected chi connectivity index (χ0v) is 22.3. The summed E-state index contributed by atoms with van der Waals surface area (Å²) in [5.74, 6) is -1.67. The minimum atomic E-state index is -4.81. The lowest BCUT2D eigenvalue weighted by Crippen LogP contribution is -2.41. The molecule has 3 rings (SSSR count). The predicted molar refractivity (Wildman–Crippen MR) is 136 cm³/mol. The number of halogens is 6. The van der Waals surface area contributed by atoms with Crippen LogP contribution < -0.4 is 4.74 Å². The first-order valence-corrected chi connectivity index (χ1v) is 13.2. The SMILES string of the molecule is CC(C)(C)S(=O)C[C@](Cc1ccccc1)(c1ccc(Br)cc1)c1cc(F)cc(OC(F)(F)C(F)F)c1. The van der Waals surface area contributed by atoms with E-state index in [-0.39, 0.29) is 17.7 Å². The Morgan fingerprint density at radius 1 is 0.917 bits per heavy atom. The van der Waals surface area contributed by atoms with Gasteiger partial charge in [-0.25, -0.2) is 4.39 Å². The van der Waals surface area contributed by atoms with Gasteiger partial charge in [0.1, 0.15) is 11.6 Å². The zero-order valence-electron chi connectivity index (χ0n) is 19.9. The average Bonchev–Trinajstić information content (AvgIpc) is 2.78. The van der Waals surface area contributed by atoms with Crippen molar-refractivity contribution in [3.05, 3.63) is 99.8 Å². The maximum Gasteiger partial charge on any atom is 0.461 e. The van der Waals surface area contributed by atoms with Crippen molar-refractivity contribution in [1.29, 1.82) is 0 Å². The summed E-state index contributed by atoms with van der Waals surface area (Å²) in [6, 6.07) is 19.2. The molecule has 0 saturated carbocycles. The fraction of sp³-hybridized carbons (Fsp3) is 0.333. The van der Waals surface area contributed by atoms with Gasteiger partial charge in [0.2, 0.25) is 0 Å². The van der Waals surface area contributed by atoms with Crippen LogP contribution in [-0.2, 0) is 22.6 Å². The van der Waals surface area contributed by atoms with Gasteiger partial charge in [0, 0.05) is 37.3 Å². The van der Waals surface area contributed by atoms with Crippen LogP contribution in [-0.4, -0.2) is 27.2 Å². The Hall–Kier alpha value is -2.26. The molecule has 36 heavy (non-hydrogen) atoms. The van der Waals surface area contributed by atoms with Crippen LogP contribution in [0.4, 0.5) is 22.0 Å². The highest BCUT2D eigenvalue weighted by Gasteiger charge is 2.45. The molecule has 9 heteroatoms. The van der Waals surface area contributed by atoms with Gasteiger partial charge in [-0.2, -0.15) is 17.6 Å². The van der Waals surface area contributed by atoms with Gasteiger partial charge in [0.25, 0.3) is 0 Å². The molecule has 3 aromatic rings. The van der Waals surface area contributed by atoms with Crippen molar-refractivity contribution in [2.75, 3.05) is 5.75 Å². The van der Waals surface area contributed by atoms with Gasteiger partial charge in [-0.3, -0.25) is 4.21 Å². The fourth-order valence-electron chi connectivity index (χ4n) is 3.84. The summed E-state index contributed by atoms with van der Waals surface area (Å²) in [5.41, 5.74) is 0.507. The maximum absolute atomic E-state index is 14.8. The van der Waals surface area contributed by atoms with E-state index in [1.54, 1.807) is 45.0 Å². The summed E-state index contributed by atoms with van der Waals surface area (Å²) in [6.45, 7) is 5.42.